The molecule has 0 radical (unpaired) electrons. The maximum absolute atomic E-state index is 11.3. The third kappa shape index (κ3) is 2.76. The van der Waals surface area contributed by atoms with Crippen molar-refractivity contribution in [1.29, 1.82) is 0 Å². The molecule has 1 amide bonds. The van der Waals surface area contributed by atoms with Gasteiger partial charge in [0, 0.05) is 25.0 Å². The summed E-state index contributed by atoms with van der Waals surface area (Å²) < 4.78 is 0. The van der Waals surface area contributed by atoms with Crippen LogP contribution in [0.3, 0.4) is 0 Å². The molecule has 0 bridgehead atoms. The average Bonchev–Trinajstić information content (AvgIpc) is 2.62. The SMILES string of the molecule is NCCNC(=O)c1csc(CN)n1. The Kier molecular flexibility index (Phi) is 3.81. The van der Waals surface area contributed by atoms with Gasteiger partial charge in [0.2, 0.25) is 0 Å². The zero-order chi connectivity index (χ0) is 9.68. The van der Waals surface area contributed by atoms with Gasteiger partial charge in [-0.15, -0.1) is 11.3 Å². The van der Waals surface area contributed by atoms with E-state index in [2.05, 4.69) is 10.3 Å². The lowest BCUT2D eigenvalue weighted by atomic mass is 10.4. The number of rotatable bonds is 4. The van der Waals surface area contributed by atoms with Crippen LogP contribution < -0.4 is 16.8 Å². The van der Waals surface area contributed by atoms with Crippen molar-refractivity contribution >= 4 is 17.2 Å². The Balaban J connectivity index is 2.55. The van der Waals surface area contributed by atoms with Crippen molar-refractivity contribution in [3.05, 3.63) is 16.1 Å². The maximum atomic E-state index is 11.3. The molecule has 0 aromatic carbocycles. The molecule has 5 N–H and O–H groups in total. The monoisotopic (exact) mass is 200 g/mol. The number of thiazole rings is 1. The van der Waals surface area contributed by atoms with Crippen molar-refractivity contribution in [3.63, 3.8) is 0 Å². The van der Waals surface area contributed by atoms with Gasteiger partial charge in [-0.25, -0.2) is 4.98 Å². The molecule has 72 valence electrons. The van der Waals surface area contributed by atoms with Crippen LogP contribution in [0.1, 0.15) is 15.5 Å². The highest BCUT2D eigenvalue weighted by molar-refractivity contribution is 7.09. The number of hydrogen-bond acceptors (Lipinski definition) is 5. The first-order valence-electron chi connectivity index (χ1n) is 3.90. The molecule has 13 heavy (non-hydrogen) atoms. The average molecular weight is 200 g/mol. The first-order valence-corrected chi connectivity index (χ1v) is 4.78. The summed E-state index contributed by atoms with van der Waals surface area (Å²) in [4.78, 5) is 15.3. The van der Waals surface area contributed by atoms with Crippen LogP contribution in [0.15, 0.2) is 5.38 Å². The number of nitrogens with two attached hydrogens (primary N) is 2. The van der Waals surface area contributed by atoms with E-state index in [1.54, 1.807) is 5.38 Å². The van der Waals surface area contributed by atoms with Crippen LogP contribution in [0.2, 0.25) is 0 Å². The molecule has 0 saturated heterocycles. The van der Waals surface area contributed by atoms with Crippen LogP contribution in [0, 0.1) is 0 Å². The topological polar surface area (TPSA) is 94.0 Å². The van der Waals surface area contributed by atoms with Crippen molar-refractivity contribution in [2.45, 2.75) is 6.54 Å². The van der Waals surface area contributed by atoms with E-state index in [1.165, 1.54) is 11.3 Å². The Morgan fingerprint density at radius 3 is 2.92 bits per heavy atom. The molecule has 0 saturated carbocycles. The first kappa shape index (κ1) is 10.1. The van der Waals surface area contributed by atoms with Crippen molar-refractivity contribution in [1.82, 2.24) is 10.3 Å². The fourth-order valence-electron chi connectivity index (χ4n) is 0.785. The number of carbonyl (C=O) groups is 1. The van der Waals surface area contributed by atoms with Crippen LogP contribution in [0.4, 0.5) is 0 Å². The van der Waals surface area contributed by atoms with Crippen molar-refractivity contribution in [2.24, 2.45) is 11.5 Å². The maximum Gasteiger partial charge on any atom is 0.270 e. The third-order valence-corrected chi connectivity index (χ3v) is 2.26. The van der Waals surface area contributed by atoms with Gasteiger partial charge in [0.1, 0.15) is 10.7 Å². The van der Waals surface area contributed by atoms with E-state index in [-0.39, 0.29) is 5.91 Å². The van der Waals surface area contributed by atoms with E-state index >= 15 is 0 Å². The van der Waals surface area contributed by atoms with Gasteiger partial charge in [0.05, 0.1) is 0 Å². The van der Waals surface area contributed by atoms with E-state index in [4.69, 9.17) is 11.5 Å². The molecule has 6 heteroatoms. The second-order valence-corrected chi connectivity index (χ2v) is 3.32. The van der Waals surface area contributed by atoms with Crippen molar-refractivity contribution in [2.75, 3.05) is 13.1 Å². The van der Waals surface area contributed by atoms with Crippen molar-refractivity contribution in [3.8, 4) is 0 Å². The van der Waals surface area contributed by atoms with Gasteiger partial charge < -0.3 is 16.8 Å². The Labute approximate surface area is 80.1 Å². The quantitative estimate of drug-likeness (QED) is 0.598. The fourth-order valence-corrected chi connectivity index (χ4v) is 1.44. The number of carbonyl (C=O) groups excluding carboxylic acids is 1. The zero-order valence-electron chi connectivity index (χ0n) is 7.12. The van der Waals surface area contributed by atoms with E-state index in [9.17, 15) is 4.79 Å². The third-order valence-electron chi connectivity index (χ3n) is 1.39. The van der Waals surface area contributed by atoms with Crippen LogP contribution in [0.25, 0.3) is 0 Å². The molecule has 0 atom stereocenters. The molecular formula is C7H12N4OS. The summed E-state index contributed by atoms with van der Waals surface area (Å²) in [6.07, 6.45) is 0. The summed E-state index contributed by atoms with van der Waals surface area (Å²) in [7, 11) is 0. The Bertz CT molecular complexity index is 286. The standard InChI is InChI=1S/C7H12N4OS/c8-1-2-10-7(12)5-4-13-6(3-9)11-5/h4H,1-3,8-9H2,(H,10,12). The van der Waals surface area contributed by atoms with Crippen LogP contribution in [0.5, 0.6) is 0 Å². The molecule has 0 spiro atoms. The van der Waals surface area contributed by atoms with E-state index in [0.717, 1.165) is 5.01 Å². The van der Waals surface area contributed by atoms with Gasteiger partial charge >= 0.3 is 0 Å². The molecule has 1 aromatic rings. The Morgan fingerprint density at radius 2 is 2.38 bits per heavy atom. The van der Waals surface area contributed by atoms with Gasteiger partial charge in [-0.05, 0) is 0 Å². The number of amides is 1. The Hall–Kier alpha value is -0.980. The van der Waals surface area contributed by atoms with Gasteiger partial charge in [-0.2, -0.15) is 0 Å². The smallest absolute Gasteiger partial charge is 0.270 e. The normalized spacial score (nSPS) is 10.0. The predicted molar refractivity (Wildman–Crippen MR) is 51.4 cm³/mol. The summed E-state index contributed by atoms with van der Waals surface area (Å²) >= 11 is 1.38. The van der Waals surface area contributed by atoms with E-state index in [0.29, 0.717) is 25.3 Å². The molecular weight excluding hydrogens is 188 g/mol. The largest absolute Gasteiger partial charge is 0.349 e. The number of nitrogens with one attached hydrogen (secondary N) is 1. The van der Waals surface area contributed by atoms with Gasteiger partial charge in [0.25, 0.3) is 5.91 Å². The lowest BCUT2D eigenvalue weighted by Crippen LogP contribution is -2.29. The first-order chi connectivity index (χ1) is 6.27. The van der Waals surface area contributed by atoms with E-state index < -0.39 is 0 Å². The van der Waals surface area contributed by atoms with Gasteiger partial charge in [-0.3, -0.25) is 4.79 Å². The molecule has 0 fully saturated rings. The summed E-state index contributed by atoms with van der Waals surface area (Å²) in [6.45, 7) is 1.27. The molecule has 5 nitrogen and oxygen atoms in total. The second kappa shape index (κ2) is 4.90. The number of hydrogen-bond donors (Lipinski definition) is 3. The van der Waals surface area contributed by atoms with Gasteiger partial charge in [0.15, 0.2) is 0 Å². The van der Waals surface area contributed by atoms with Crippen molar-refractivity contribution < 1.29 is 4.79 Å². The molecule has 1 heterocycles. The summed E-state index contributed by atoms with van der Waals surface area (Å²) in [5, 5.41) is 5.08. The fraction of sp³-hybridized carbons (Fsp3) is 0.429. The minimum Gasteiger partial charge on any atom is -0.349 e. The number of nitrogens with zero attached hydrogens (tertiary/aromatic N) is 1. The molecule has 0 aliphatic heterocycles. The lowest BCUT2D eigenvalue weighted by Gasteiger charge is -1.98. The minimum atomic E-state index is -0.193. The van der Waals surface area contributed by atoms with E-state index in [1.807, 2.05) is 0 Å². The van der Waals surface area contributed by atoms with Gasteiger partial charge in [-0.1, -0.05) is 0 Å². The molecule has 1 aromatic heterocycles. The van der Waals surface area contributed by atoms with Crippen LogP contribution >= 0.6 is 11.3 Å². The summed E-state index contributed by atoms with van der Waals surface area (Å²) in [6, 6.07) is 0. The second-order valence-electron chi connectivity index (χ2n) is 2.38. The number of aromatic nitrogens is 1. The summed E-state index contributed by atoms with van der Waals surface area (Å²) in [5.74, 6) is -0.193. The minimum absolute atomic E-state index is 0.193. The highest BCUT2D eigenvalue weighted by atomic mass is 32.1. The van der Waals surface area contributed by atoms with Crippen LogP contribution in [-0.2, 0) is 6.54 Å². The predicted octanol–water partition coefficient (Wildman–Crippen LogP) is -0.710. The molecule has 1 rings (SSSR count). The summed E-state index contributed by atoms with van der Waals surface area (Å²) in [5.41, 5.74) is 11.0. The molecule has 0 aliphatic rings. The highest BCUT2D eigenvalue weighted by Crippen LogP contribution is 2.08. The lowest BCUT2D eigenvalue weighted by molar-refractivity contribution is 0.0950. The molecule has 0 aliphatic carbocycles. The van der Waals surface area contributed by atoms with Crippen LogP contribution in [-0.4, -0.2) is 24.0 Å². The molecule has 0 unspecified atom stereocenters. The Morgan fingerprint density at radius 1 is 1.62 bits per heavy atom. The zero-order valence-corrected chi connectivity index (χ0v) is 7.93. The highest BCUT2D eigenvalue weighted by Gasteiger charge is 2.08.